The predicted molar refractivity (Wildman–Crippen MR) is 76.3 cm³/mol. The van der Waals surface area contributed by atoms with Gasteiger partial charge in [-0.2, -0.15) is 0 Å². The van der Waals surface area contributed by atoms with E-state index in [0.29, 0.717) is 17.9 Å². The van der Waals surface area contributed by atoms with Crippen LogP contribution in [0.2, 0.25) is 0 Å². The molecule has 0 aliphatic heterocycles. The molecular weight excluding hydrogens is 257 g/mol. The maximum absolute atomic E-state index is 13.8. The normalized spacial score (nSPS) is 10.8. The van der Waals surface area contributed by atoms with Crippen molar-refractivity contribution >= 4 is 0 Å². The van der Waals surface area contributed by atoms with Crippen LogP contribution in [0.25, 0.3) is 0 Å². The topological polar surface area (TPSA) is 34.4 Å². The molecule has 20 heavy (non-hydrogen) atoms. The molecule has 0 saturated heterocycles. The highest BCUT2D eigenvalue weighted by molar-refractivity contribution is 5.30. The van der Waals surface area contributed by atoms with E-state index < -0.39 is 0 Å². The van der Waals surface area contributed by atoms with Crippen molar-refractivity contribution in [2.45, 2.75) is 33.9 Å². The van der Waals surface area contributed by atoms with Gasteiger partial charge in [0.2, 0.25) is 0 Å². The minimum Gasteiger partial charge on any atom is -0.483 e. The first-order valence-electron chi connectivity index (χ1n) is 6.78. The Morgan fingerprint density at radius 3 is 2.80 bits per heavy atom. The molecular formula is C16H20FNO2. The molecule has 0 atom stereocenters. The second kappa shape index (κ2) is 6.57. The number of furan rings is 1. The smallest absolute Gasteiger partial charge is 0.167 e. The molecule has 0 unspecified atom stereocenters. The van der Waals surface area contributed by atoms with Crippen LogP contribution in [0.4, 0.5) is 4.39 Å². The predicted octanol–water partition coefficient (Wildman–Crippen LogP) is 3.72. The van der Waals surface area contributed by atoms with Crippen molar-refractivity contribution in [2.24, 2.45) is 0 Å². The molecule has 0 aliphatic rings. The van der Waals surface area contributed by atoms with Crippen LogP contribution in [-0.2, 0) is 13.2 Å². The molecule has 1 aromatic heterocycles. The molecule has 0 aliphatic carbocycles. The average molecular weight is 277 g/mol. The maximum atomic E-state index is 13.8. The van der Waals surface area contributed by atoms with Crippen molar-refractivity contribution in [1.82, 2.24) is 5.32 Å². The van der Waals surface area contributed by atoms with Gasteiger partial charge in [-0.15, -0.1) is 0 Å². The van der Waals surface area contributed by atoms with Crippen LogP contribution in [0.3, 0.4) is 0 Å². The number of ether oxygens (including phenoxy) is 1. The zero-order chi connectivity index (χ0) is 14.5. The SMILES string of the molecule is CCNCc1oc(COc2cccc(C)c2F)cc1C. The van der Waals surface area contributed by atoms with Crippen LogP contribution in [-0.4, -0.2) is 6.54 Å². The summed E-state index contributed by atoms with van der Waals surface area (Å²) in [6.07, 6.45) is 0. The summed E-state index contributed by atoms with van der Waals surface area (Å²) in [5, 5.41) is 3.21. The van der Waals surface area contributed by atoms with Gasteiger partial charge in [0.15, 0.2) is 11.6 Å². The molecule has 4 heteroatoms. The fourth-order valence-electron chi connectivity index (χ4n) is 1.96. The van der Waals surface area contributed by atoms with Crippen molar-refractivity contribution in [1.29, 1.82) is 0 Å². The highest BCUT2D eigenvalue weighted by atomic mass is 19.1. The average Bonchev–Trinajstić information content (AvgIpc) is 2.78. The van der Waals surface area contributed by atoms with Crippen molar-refractivity contribution in [3.8, 4) is 5.75 Å². The third kappa shape index (κ3) is 3.39. The summed E-state index contributed by atoms with van der Waals surface area (Å²) >= 11 is 0. The molecule has 0 saturated carbocycles. The van der Waals surface area contributed by atoms with Crippen LogP contribution < -0.4 is 10.1 Å². The van der Waals surface area contributed by atoms with Gasteiger partial charge in [-0.3, -0.25) is 0 Å². The fraction of sp³-hybridized carbons (Fsp3) is 0.375. The van der Waals surface area contributed by atoms with Crippen LogP contribution in [0, 0.1) is 19.7 Å². The number of rotatable bonds is 6. The van der Waals surface area contributed by atoms with Gasteiger partial charge in [0.1, 0.15) is 18.1 Å². The standard InChI is InChI=1S/C16H20FNO2/c1-4-18-9-15-12(3)8-13(20-15)10-19-14-7-5-6-11(2)16(14)17/h5-8,18H,4,9-10H2,1-3H3. The van der Waals surface area contributed by atoms with Gasteiger partial charge in [-0.25, -0.2) is 4.39 Å². The Kier molecular flexibility index (Phi) is 4.79. The summed E-state index contributed by atoms with van der Waals surface area (Å²) < 4.78 is 25.0. The quantitative estimate of drug-likeness (QED) is 0.873. The summed E-state index contributed by atoms with van der Waals surface area (Å²) in [5.41, 5.74) is 1.65. The summed E-state index contributed by atoms with van der Waals surface area (Å²) in [7, 11) is 0. The summed E-state index contributed by atoms with van der Waals surface area (Å²) in [6, 6.07) is 7.05. The maximum Gasteiger partial charge on any atom is 0.167 e. The van der Waals surface area contributed by atoms with Crippen molar-refractivity contribution < 1.29 is 13.5 Å². The summed E-state index contributed by atoms with van der Waals surface area (Å²) in [5.74, 6) is 1.54. The minimum absolute atomic E-state index is 0.230. The Hall–Kier alpha value is -1.81. The molecule has 2 rings (SSSR count). The van der Waals surface area contributed by atoms with E-state index in [0.717, 1.165) is 17.9 Å². The second-order valence-corrected chi connectivity index (χ2v) is 4.77. The molecule has 0 radical (unpaired) electrons. The Labute approximate surface area is 118 Å². The van der Waals surface area contributed by atoms with E-state index in [2.05, 4.69) is 5.32 Å². The fourth-order valence-corrected chi connectivity index (χ4v) is 1.96. The van der Waals surface area contributed by atoms with Crippen molar-refractivity contribution in [2.75, 3.05) is 6.54 Å². The number of hydrogen-bond acceptors (Lipinski definition) is 3. The molecule has 1 aromatic carbocycles. The largest absolute Gasteiger partial charge is 0.483 e. The first kappa shape index (κ1) is 14.6. The number of nitrogens with one attached hydrogen (secondary N) is 1. The van der Waals surface area contributed by atoms with Gasteiger partial charge in [0.25, 0.3) is 0 Å². The number of hydrogen-bond donors (Lipinski definition) is 1. The summed E-state index contributed by atoms with van der Waals surface area (Å²) in [6.45, 7) is 7.57. The molecule has 2 aromatic rings. The zero-order valence-corrected chi connectivity index (χ0v) is 12.1. The highest BCUT2D eigenvalue weighted by Gasteiger charge is 2.10. The Bertz CT molecular complexity index is 578. The van der Waals surface area contributed by atoms with Crippen LogP contribution in [0.15, 0.2) is 28.7 Å². The molecule has 1 heterocycles. The Morgan fingerprint density at radius 2 is 2.05 bits per heavy atom. The lowest BCUT2D eigenvalue weighted by atomic mass is 10.2. The lowest BCUT2D eigenvalue weighted by Crippen LogP contribution is -2.11. The first-order valence-corrected chi connectivity index (χ1v) is 6.78. The van der Waals surface area contributed by atoms with Crippen LogP contribution in [0.5, 0.6) is 5.75 Å². The number of benzene rings is 1. The van der Waals surface area contributed by atoms with Gasteiger partial charge in [0.05, 0.1) is 6.54 Å². The van der Waals surface area contributed by atoms with Gasteiger partial charge in [0, 0.05) is 0 Å². The third-order valence-electron chi connectivity index (χ3n) is 3.13. The van der Waals surface area contributed by atoms with Crippen molar-refractivity contribution in [3.63, 3.8) is 0 Å². The van der Waals surface area contributed by atoms with E-state index in [1.807, 2.05) is 19.9 Å². The monoisotopic (exact) mass is 277 g/mol. The first-order chi connectivity index (χ1) is 9.61. The van der Waals surface area contributed by atoms with E-state index in [1.54, 1.807) is 25.1 Å². The third-order valence-corrected chi connectivity index (χ3v) is 3.13. The van der Waals surface area contributed by atoms with E-state index in [-0.39, 0.29) is 18.2 Å². The molecule has 108 valence electrons. The number of halogens is 1. The Balaban J connectivity index is 2.02. The Morgan fingerprint density at radius 1 is 1.25 bits per heavy atom. The molecule has 0 spiro atoms. The van der Waals surface area contributed by atoms with Crippen molar-refractivity contribution in [3.05, 3.63) is 52.7 Å². The van der Waals surface area contributed by atoms with Crippen LogP contribution >= 0.6 is 0 Å². The van der Waals surface area contributed by atoms with Gasteiger partial charge >= 0.3 is 0 Å². The lowest BCUT2D eigenvalue weighted by molar-refractivity contribution is 0.254. The lowest BCUT2D eigenvalue weighted by Gasteiger charge is -2.06. The minimum atomic E-state index is -0.316. The molecule has 1 N–H and O–H groups in total. The van der Waals surface area contributed by atoms with E-state index in [4.69, 9.17) is 9.15 Å². The summed E-state index contributed by atoms with van der Waals surface area (Å²) in [4.78, 5) is 0. The van der Waals surface area contributed by atoms with E-state index in [9.17, 15) is 4.39 Å². The van der Waals surface area contributed by atoms with Gasteiger partial charge < -0.3 is 14.5 Å². The number of aryl methyl sites for hydroxylation is 2. The van der Waals surface area contributed by atoms with Gasteiger partial charge in [-0.05, 0) is 43.7 Å². The van der Waals surface area contributed by atoms with Crippen LogP contribution in [0.1, 0.15) is 29.6 Å². The van der Waals surface area contributed by atoms with E-state index in [1.165, 1.54) is 0 Å². The van der Waals surface area contributed by atoms with Gasteiger partial charge in [-0.1, -0.05) is 19.1 Å². The molecule has 3 nitrogen and oxygen atoms in total. The molecule has 0 bridgehead atoms. The second-order valence-electron chi connectivity index (χ2n) is 4.77. The molecule has 0 fully saturated rings. The molecule has 0 amide bonds. The highest BCUT2D eigenvalue weighted by Crippen LogP contribution is 2.22. The van der Waals surface area contributed by atoms with E-state index >= 15 is 0 Å². The zero-order valence-electron chi connectivity index (χ0n) is 12.1.